The van der Waals surface area contributed by atoms with Gasteiger partial charge in [0.25, 0.3) is 11.6 Å². The topological polar surface area (TPSA) is 110 Å². The van der Waals surface area contributed by atoms with Crippen LogP contribution in [0.3, 0.4) is 0 Å². The molecule has 3 heterocycles. The molecule has 3 aromatic carbocycles. The molecule has 1 amide bonds. The summed E-state index contributed by atoms with van der Waals surface area (Å²) < 4.78 is 2.01. The first-order chi connectivity index (χ1) is 18.5. The Morgan fingerprint density at radius 2 is 1.66 bits per heavy atom. The minimum Gasteiger partial charge on any atom is -0.340 e. The van der Waals surface area contributed by atoms with E-state index in [4.69, 9.17) is 4.98 Å². The zero-order valence-corrected chi connectivity index (χ0v) is 20.8. The number of hydrogen-bond donors (Lipinski definition) is 0. The summed E-state index contributed by atoms with van der Waals surface area (Å²) >= 11 is 0. The predicted molar refractivity (Wildman–Crippen MR) is 144 cm³/mol. The van der Waals surface area contributed by atoms with Crippen LogP contribution in [-0.2, 0) is 0 Å². The number of aryl methyl sites for hydroxylation is 1. The van der Waals surface area contributed by atoms with Gasteiger partial charge in [0.15, 0.2) is 11.5 Å². The quantitative estimate of drug-likeness (QED) is 0.260. The normalized spacial score (nSPS) is 14.1. The van der Waals surface area contributed by atoms with Crippen molar-refractivity contribution in [1.82, 2.24) is 24.5 Å². The molecule has 190 valence electrons. The molecule has 1 fully saturated rings. The van der Waals surface area contributed by atoms with E-state index in [1.807, 2.05) is 47.7 Å². The summed E-state index contributed by atoms with van der Waals surface area (Å²) in [6.45, 7) is 4.40. The number of rotatable bonds is 4. The smallest absolute Gasteiger partial charge is 0.269 e. The van der Waals surface area contributed by atoms with Crippen molar-refractivity contribution in [3.8, 4) is 11.4 Å². The number of benzene rings is 3. The van der Waals surface area contributed by atoms with Crippen LogP contribution in [0.25, 0.3) is 27.9 Å². The molecule has 10 nitrogen and oxygen atoms in total. The highest BCUT2D eigenvalue weighted by molar-refractivity contribution is 5.95. The number of nitro groups is 1. The highest BCUT2D eigenvalue weighted by atomic mass is 16.6. The Morgan fingerprint density at radius 3 is 2.42 bits per heavy atom. The van der Waals surface area contributed by atoms with Gasteiger partial charge in [-0.3, -0.25) is 14.9 Å². The van der Waals surface area contributed by atoms with E-state index < -0.39 is 4.92 Å². The molecule has 0 bridgehead atoms. The van der Waals surface area contributed by atoms with Crippen molar-refractivity contribution in [3.05, 3.63) is 94.0 Å². The number of aromatic nitrogens is 4. The molecule has 0 spiro atoms. The Morgan fingerprint density at radius 1 is 0.895 bits per heavy atom. The SMILES string of the molecule is Cc1ccc(-c2nnc3c4ccccc4nc(N4CCCN(C(=O)c5ccc([N+](=O)[O-])cc5)CC4)n23)cc1. The van der Waals surface area contributed by atoms with Gasteiger partial charge >= 0.3 is 0 Å². The summed E-state index contributed by atoms with van der Waals surface area (Å²) in [7, 11) is 0. The molecule has 0 atom stereocenters. The van der Waals surface area contributed by atoms with Crippen LogP contribution < -0.4 is 4.90 Å². The lowest BCUT2D eigenvalue weighted by Crippen LogP contribution is -2.36. The lowest BCUT2D eigenvalue weighted by molar-refractivity contribution is -0.384. The molecule has 0 N–H and O–H groups in total. The number of non-ortho nitro benzene ring substituents is 1. The number of nitro benzene ring substituents is 1. The molecule has 1 aliphatic heterocycles. The van der Waals surface area contributed by atoms with Crippen molar-refractivity contribution < 1.29 is 9.72 Å². The summed E-state index contributed by atoms with van der Waals surface area (Å²) in [4.78, 5) is 32.7. The number of hydrogen-bond acceptors (Lipinski definition) is 7. The summed E-state index contributed by atoms with van der Waals surface area (Å²) in [6.07, 6.45) is 0.747. The first-order valence-electron chi connectivity index (χ1n) is 12.5. The number of fused-ring (bicyclic) bond motifs is 3. The molecule has 0 aliphatic carbocycles. The van der Waals surface area contributed by atoms with Crippen molar-refractivity contribution in [3.63, 3.8) is 0 Å². The molecule has 0 saturated carbocycles. The predicted octanol–water partition coefficient (Wildman–Crippen LogP) is 4.51. The average Bonchev–Trinajstić information content (AvgIpc) is 3.24. The number of carbonyl (C=O) groups excluding carboxylic acids is 1. The van der Waals surface area contributed by atoms with Gasteiger partial charge in [0.05, 0.1) is 10.4 Å². The van der Waals surface area contributed by atoms with Crippen LogP contribution in [0.5, 0.6) is 0 Å². The molecule has 10 heteroatoms. The Kier molecular flexibility index (Phi) is 5.91. The standard InChI is InChI=1S/C28H25N7O3/c1-19-7-9-20(10-8-19)25-30-31-26-23-5-2-3-6-24(23)29-28(34(25)26)33-16-4-15-32(17-18-33)27(36)21-11-13-22(14-12-21)35(37)38/h2-3,5-14H,4,15-18H2,1H3. The van der Waals surface area contributed by atoms with E-state index in [9.17, 15) is 14.9 Å². The fourth-order valence-corrected chi connectivity index (χ4v) is 4.90. The van der Waals surface area contributed by atoms with Crippen LogP contribution in [0.15, 0.2) is 72.8 Å². The van der Waals surface area contributed by atoms with Crippen molar-refractivity contribution in [2.75, 3.05) is 31.1 Å². The third kappa shape index (κ3) is 4.19. The van der Waals surface area contributed by atoms with Crippen molar-refractivity contribution >= 4 is 34.1 Å². The van der Waals surface area contributed by atoms with Crippen molar-refractivity contribution in [1.29, 1.82) is 0 Å². The highest BCUT2D eigenvalue weighted by Crippen LogP contribution is 2.29. The molecule has 1 aliphatic rings. The molecule has 0 radical (unpaired) electrons. The number of amides is 1. The van der Waals surface area contributed by atoms with Gasteiger partial charge in [-0.05, 0) is 37.6 Å². The number of nitrogens with zero attached hydrogens (tertiary/aromatic N) is 7. The fraction of sp³-hybridized carbons (Fsp3) is 0.214. The minimum absolute atomic E-state index is 0.0340. The second kappa shape index (κ2) is 9.55. The van der Waals surface area contributed by atoms with Gasteiger partial charge in [-0.2, -0.15) is 0 Å². The van der Waals surface area contributed by atoms with Gasteiger partial charge in [0, 0.05) is 54.8 Å². The van der Waals surface area contributed by atoms with Crippen LogP contribution in [0.4, 0.5) is 11.6 Å². The average molecular weight is 508 g/mol. The van der Waals surface area contributed by atoms with Crippen LogP contribution >= 0.6 is 0 Å². The summed E-state index contributed by atoms with van der Waals surface area (Å²) in [5.41, 5.74) is 4.09. The number of para-hydroxylation sites is 1. The Bertz CT molecular complexity index is 1660. The molecular formula is C28H25N7O3. The van der Waals surface area contributed by atoms with Gasteiger partial charge in [-0.15, -0.1) is 10.2 Å². The van der Waals surface area contributed by atoms with Crippen LogP contribution in [-0.4, -0.2) is 61.5 Å². The third-order valence-electron chi connectivity index (χ3n) is 6.93. The van der Waals surface area contributed by atoms with E-state index in [0.717, 1.165) is 45.9 Å². The maximum Gasteiger partial charge on any atom is 0.269 e. The van der Waals surface area contributed by atoms with Crippen LogP contribution in [0.2, 0.25) is 0 Å². The summed E-state index contributed by atoms with van der Waals surface area (Å²) in [6, 6.07) is 21.9. The van der Waals surface area contributed by atoms with E-state index in [1.54, 1.807) is 4.90 Å². The maximum atomic E-state index is 13.2. The molecule has 1 saturated heterocycles. The highest BCUT2D eigenvalue weighted by Gasteiger charge is 2.25. The molecule has 38 heavy (non-hydrogen) atoms. The van der Waals surface area contributed by atoms with Gasteiger partial charge < -0.3 is 9.80 Å². The van der Waals surface area contributed by atoms with E-state index in [0.29, 0.717) is 31.7 Å². The second-order valence-electron chi connectivity index (χ2n) is 9.41. The van der Waals surface area contributed by atoms with Gasteiger partial charge in [0.1, 0.15) is 0 Å². The number of anilines is 1. The largest absolute Gasteiger partial charge is 0.340 e. The Labute approximate surface area is 218 Å². The van der Waals surface area contributed by atoms with Crippen LogP contribution in [0.1, 0.15) is 22.3 Å². The first kappa shape index (κ1) is 23.5. The Balaban J connectivity index is 1.35. The van der Waals surface area contributed by atoms with Gasteiger partial charge in [-0.1, -0.05) is 42.0 Å². The first-order valence-corrected chi connectivity index (χ1v) is 12.5. The fourth-order valence-electron chi connectivity index (χ4n) is 4.90. The monoisotopic (exact) mass is 507 g/mol. The summed E-state index contributed by atoms with van der Waals surface area (Å²) in [5.74, 6) is 1.32. The molecule has 0 unspecified atom stereocenters. The molecule has 2 aromatic heterocycles. The molecule has 6 rings (SSSR count). The lowest BCUT2D eigenvalue weighted by atomic mass is 10.1. The number of carbonyl (C=O) groups is 1. The van der Waals surface area contributed by atoms with E-state index >= 15 is 0 Å². The third-order valence-corrected chi connectivity index (χ3v) is 6.93. The Hall–Kier alpha value is -4.86. The van der Waals surface area contributed by atoms with Crippen molar-refractivity contribution in [2.45, 2.75) is 13.3 Å². The van der Waals surface area contributed by atoms with E-state index in [2.05, 4.69) is 27.2 Å². The maximum absolute atomic E-state index is 13.2. The van der Waals surface area contributed by atoms with Gasteiger partial charge in [0.2, 0.25) is 5.95 Å². The van der Waals surface area contributed by atoms with Crippen LogP contribution in [0, 0.1) is 17.0 Å². The zero-order valence-electron chi connectivity index (χ0n) is 20.8. The second-order valence-corrected chi connectivity index (χ2v) is 9.41. The minimum atomic E-state index is -0.467. The van der Waals surface area contributed by atoms with Gasteiger partial charge in [-0.25, -0.2) is 9.38 Å². The molecule has 5 aromatic rings. The lowest BCUT2D eigenvalue weighted by Gasteiger charge is -2.24. The van der Waals surface area contributed by atoms with E-state index in [1.165, 1.54) is 24.3 Å². The zero-order chi connectivity index (χ0) is 26.2. The van der Waals surface area contributed by atoms with Crippen molar-refractivity contribution in [2.24, 2.45) is 0 Å². The summed E-state index contributed by atoms with van der Waals surface area (Å²) in [5, 5.41) is 21.0. The molecular weight excluding hydrogens is 482 g/mol. The van der Waals surface area contributed by atoms with E-state index in [-0.39, 0.29) is 11.6 Å².